The van der Waals surface area contributed by atoms with Crippen LogP contribution < -0.4 is 5.73 Å². The number of halogens is 2. The van der Waals surface area contributed by atoms with Crippen molar-refractivity contribution in [3.8, 4) is 21.1 Å². The highest BCUT2D eigenvalue weighted by Gasteiger charge is 2.18. The number of nitrogens with two attached hydrogens (primary N) is 1. The molecule has 3 aromatic heterocycles. The maximum absolute atomic E-state index is 7.66. The topological polar surface area (TPSA) is 62.8 Å². The molecule has 0 atom stereocenters. The number of hydrogen-bond donors (Lipinski definition) is 2. The number of nitrogens with zero attached hydrogens (tertiary/aromatic N) is 1. The van der Waals surface area contributed by atoms with Crippen molar-refractivity contribution >= 4 is 85.7 Å². The van der Waals surface area contributed by atoms with Crippen molar-refractivity contribution in [3.63, 3.8) is 0 Å². The normalized spacial score (nSPS) is 10.8. The monoisotopic (exact) mass is 457 g/mol. The summed E-state index contributed by atoms with van der Waals surface area (Å²) in [7, 11) is 0. The number of fused-ring (bicyclic) bond motifs is 1. The van der Waals surface area contributed by atoms with E-state index < -0.39 is 0 Å². The number of thiophene rings is 2. The van der Waals surface area contributed by atoms with E-state index in [9.17, 15) is 0 Å². The lowest BCUT2D eigenvalue weighted by atomic mass is 10.2. The zero-order valence-corrected chi connectivity index (χ0v) is 18.2. The van der Waals surface area contributed by atoms with Crippen molar-refractivity contribution in [3.05, 3.63) is 45.6 Å². The molecule has 4 rings (SSSR count). The second kappa shape index (κ2) is 7.88. The molecule has 0 aliphatic rings. The summed E-state index contributed by atoms with van der Waals surface area (Å²) in [6, 6.07) is 10.1. The highest BCUT2D eigenvalue weighted by Crippen LogP contribution is 2.44. The maximum atomic E-state index is 7.66. The van der Waals surface area contributed by atoms with Gasteiger partial charge in [-0.05, 0) is 18.4 Å². The SMILES string of the molecule is CSc1sc(C(=N)N)cc1-c1nc(-c2sc3ccccc3c2Cl)cs1.Cl. The predicted octanol–water partition coefficient (Wildman–Crippen LogP) is 6.83. The Morgan fingerprint density at radius 1 is 1.27 bits per heavy atom. The Labute approximate surface area is 178 Å². The fraction of sp³-hybridized carbons (Fsp3) is 0.0588. The summed E-state index contributed by atoms with van der Waals surface area (Å²) in [5, 5.41) is 12.5. The fourth-order valence-corrected chi connectivity index (χ4v) is 6.74. The Bertz CT molecular complexity index is 1100. The van der Waals surface area contributed by atoms with E-state index in [4.69, 9.17) is 27.7 Å². The van der Waals surface area contributed by atoms with Gasteiger partial charge in [-0.15, -0.1) is 58.2 Å². The Kier molecular flexibility index (Phi) is 5.96. The second-order valence-corrected chi connectivity index (χ2v) is 9.62. The molecule has 0 fully saturated rings. The average molecular weight is 458 g/mol. The molecule has 0 aliphatic carbocycles. The number of rotatable bonds is 4. The first kappa shape index (κ1) is 19.7. The largest absolute Gasteiger partial charge is 0.383 e. The zero-order valence-electron chi connectivity index (χ0n) is 13.4. The molecule has 0 unspecified atom stereocenters. The zero-order chi connectivity index (χ0) is 17.6. The van der Waals surface area contributed by atoms with E-state index in [2.05, 4.69) is 6.07 Å². The van der Waals surface area contributed by atoms with Crippen LogP contribution in [-0.4, -0.2) is 17.1 Å². The molecule has 3 nitrogen and oxygen atoms in total. The number of amidine groups is 1. The molecular weight excluding hydrogens is 445 g/mol. The van der Waals surface area contributed by atoms with Crippen molar-refractivity contribution in [2.45, 2.75) is 4.21 Å². The van der Waals surface area contributed by atoms with Crippen LogP contribution in [0.4, 0.5) is 0 Å². The van der Waals surface area contributed by atoms with Crippen molar-refractivity contribution in [2.24, 2.45) is 5.73 Å². The Hall–Kier alpha value is -1.09. The van der Waals surface area contributed by atoms with Gasteiger partial charge in [-0.25, -0.2) is 4.98 Å². The van der Waals surface area contributed by atoms with Gasteiger partial charge in [0.05, 0.1) is 24.7 Å². The van der Waals surface area contributed by atoms with Gasteiger partial charge in [0.1, 0.15) is 10.8 Å². The molecule has 0 aliphatic heterocycles. The van der Waals surface area contributed by atoms with Gasteiger partial charge in [0.15, 0.2) is 0 Å². The molecule has 0 spiro atoms. The van der Waals surface area contributed by atoms with Crippen LogP contribution in [0, 0.1) is 5.41 Å². The first-order valence-corrected chi connectivity index (χ1v) is 11.4. The highest BCUT2D eigenvalue weighted by atomic mass is 35.5. The molecule has 4 aromatic rings. The van der Waals surface area contributed by atoms with Crippen molar-refractivity contribution in [1.82, 2.24) is 4.98 Å². The third-order valence-corrected chi connectivity index (χ3v) is 8.53. The lowest BCUT2D eigenvalue weighted by Crippen LogP contribution is -2.08. The molecule has 26 heavy (non-hydrogen) atoms. The molecule has 0 saturated carbocycles. The van der Waals surface area contributed by atoms with Gasteiger partial charge >= 0.3 is 0 Å². The van der Waals surface area contributed by atoms with E-state index in [1.54, 1.807) is 34.4 Å². The number of aromatic nitrogens is 1. The van der Waals surface area contributed by atoms with E-state index >= 15 is 0 Å². The quantitative estimate of drug-likeness (QED) is 0.200. The molecule has 0 saturated heterocycles. The number of nitrogens with one attached hydrogen (secondary N) is 1. The third-order valence-electron chi connectivity index (χ3n) is 3.65. The maximum Gasteiger partial charge on any atom is 0.133 e. The van der Waals surface area contributed by atoms with E-state index in [-0.39, 0.29) is 18.2 Å². The molecule has 0 bridgehead atoms. The van der Waals surface area contributed by atoms with E-state index in [0.29, 0.717) is 0 Å². The van der Waals surface area contributed by atoms with Gasteiger partial charge in [-0.1, -0.05) is 29.8 Å². The van der Waals surface area contributed by atoms with Crippen molar-refractivity contribution < 1.29 is 0 Å². The molecule has 9 heteroatoms. The predicted molar refractivity (Wildman–Crippen MR) is 121 cm³/mol. The third kappa shape index (κ3) is 3.40. The van der Waals surface area contributed by atoms with E-state index in [1.165, 1.54) is 11.3 Å². The van der Waals surface area contributed by atoms with Crippen LogP contribution in [0.2, 0.25) is 5.02 Å². The summed E-state index contributed by atoms with van der Waals surface area (Å²) in [5.74, 6) is 0.0934. The van der Waals surface area contributed by atoms with Gasteiger partial charge in [-0.2, -0.15) is 0 Å². The summed E-state index contributed by atoms with van der Waals surface area (Å²) >= 11 is 13.0. The number of hydrogen-bond acceptors (Lipinski definition) is 6. The number of benzene rings is 1. The van der Waals surface area contributed by atoms with Gasteiger partial charge in [0.2, 0.25) is 0 Å². The molecular formula is C17H13Cl2N3S4. The smallest absolute Gasteiger partial charge is 0.133 e. The van der Waals surface area contributed by atoms with Crippen LogP contribution in [0.25, 0.3) is 31.2 Å². The molecule has 3 N–H and O–H groups in total. The minimum absolute atomic E-state index is 0. The lowest BCUT2D eigenvalue weighted by Gasteiger charge is -1.95. The van der Waals surface area contributed by atoms with E-state index in [0.717, 1.165) is 45.3 Å². The Morgan fingerprint density at radius 2 is 2.04 bits per heavy atom. The van der Waals surface area contributed by atoms with Crippen LogP contribution >= 0.6 is 69.8 Å². The lowest BCUT2D eigenvalue weighted by molar-refractivity contribution is 1.41. The van der Waals surface area contributed by atoms with Crippen molar-refractivity contribution in [2.75, 3.05) is 6.26 Å². The highest BCUT2D eigenvalue weighted by molar-refractivity contribution is 8.00. The van der Waals surface area contributed by atoms with Gasteiger partial charge < -0.3 is 5.73 Å². The molecule has 0 radical (unpaired) electrons. The molecule has 3 heterocycles. The van der Waals surface area contributed by atoms with Crippen LogP contribution in [0.1, 0.15) is 4.88 Å². The Balaban J connectivity index is 0.00000196. The standard InChI is InChI=1S/C17H12ClN3S4.ClH/c1-22-17-9(6-12(25-17)15(19)20)16-21-10(7-23-16)14-13(18)8-4-2-3-5-11(8)24-14;/h2-7H,1H3,(H3,19,20);1H. The van der Waals surface area contributed by atoms with Crippen LogP contribution in [-0.2, 0) is 0 Å². The number of nitrogen functional groups attached to an aromatic ring is 1. The summed E-state index contributed by atoms with van der Waals surface area (Å²) < 4.78 is 2.28. The van der Waals surface area contributed by atoms with Gasteiger partial charge in [0.25, 0.3) is 0 Å². The summed E-state index contributed by atoms with van der Waals surface area (Å²) in [6.07, 6.45) is 2.02. The van der Waals surface area contributed by atoms with Gasteiger partial charge in [-0.3, -0.25) is 5.41 Å². The summed E-state index contributed by atoms with van der Waals surface area (Å²) in [5.41, 5.74) is 7.57. The minimum Gasteiger partial charge on any atom is -0.383 e. The molecule has 134 valence electrons. The second-order valence-electron chi connectivity index (χ2n) is 5.21. The molecule has 1 aromatic carbocycles. The van der Waals surface area contributed by atoms with Gasteiger partial charge in [0, 0.05) is 21.0 Å². The van der Waals surface area contributed by atoms with Crippen LogP contribution in [0.3, 0.4) is 0 Å². The number of thioether (sulfide) groups is 1. The van der Waals surface area contributed by atoms with E-state index in [1.807, 2.05) is 35.9 Å². The number of thiazole rings is 1. The van der Waals surface area contributed by atoms with Crippen LogP contribution in [0.5, 0.6) is 0 Å². The van der Waals surface area contributed by atoms with Crippen LogP contribution in [0.15, 0.2) is 39.9 Å². The van der Waals surface area contributed by atoms with Crippen molar-refractivity contribution in [1.29, 1.82) is 5.41 Å². The molecule has 0 amide bonds. The first-order chi connectivity index (χ1) is 12.1. The first-order valence-electron chi connectivity index (χ1n) is 7.24. The Morgan fingerprint density at radius 3 is 2.73 bits per heavy atom. The minimum atomic E-state index is 0. The fourth-order valence-electron chi connectivity index (χ4n) is 2.49. The summed E-state index contributed by atoms with van der Waals surface area (Å²) in [6.45, 7) is 0. The summed E-state index contributed by atoms with van der Waals surface area (Å²) in [4.78, 5) is 6.59. The average Bonchev–Trinajstić information content (AvgIpc) is 3.31.